The van der Waals surface area contributed by atoms with Crippen molar-refractivity contribution >= 4 is 27.3 Å². The lowest BCUT2D eigenvalue weighted by Crippen LogP contribution is -2.40. The van der Waals surface area contributed by atoms with E-state index in [1.54, 1.807) is 4.90 Å². The van der Waals surface area contributed by atoms with Gasteiger partial charge in [-0.1, -0.05) is 0 Å². The number of aryl methyl sites for hydroxylation is 1. The predicted octanol–water partition coefficient (Wildman–Crippen LogP) is 2.38. The Labute approximate surface area is 179 Å². The van der Waals surface area contributed by atoms with E-state index in [4.69, 9.17) is 4.74 Å². The van der Waals surface area contributed by atoms with Gasteiger partial charge in [0.05, 0.1) is 30.3 Å². The molecule has 0 saturated carbocycles. The van der Waals surface area contributed by atoms with Crippen LogP contribution in [0.5, 0.6) is 0 Å². The van der Waals surface area contributed by atoms with Crippen molar-refractivity contribution in [3.05, 3.63) is 53.6 Å². The quantitative estimate of drug-likeness (QED) is 0.755. The van der Waals surface area contributed by atoms with E-state index in [1.165, 1.54) is 34.6 Å². The average Bonchev–Trinajstić information content (AvgIpc) is 2.74. The highest BCUT2D eigenvalue weighted by atomic mass is 32.2. The first kappa shape index (κ1) is 21.7. The Kier molecular flexibility index (Phi) is 6.22. The molecule has 1 saturated heterocycles. The number of hydrogen-bond acceptors (Lipinski definition) is 5. The van der Waals surface area contributed by atoms with E-state index in [0.717, 1.165) is 6.07 Å². The Morgan fingerprint density at radius 1 is 1.06 bits per heavy atom. The molecule has 0 bridgehead atoms. The van der Waals surface area contributed by atoms with Crippen molar-refractivity contribution in [2.75, 3.05) is 49.6 Å². The number of nitrogens with one attached hydrogen (secondary N) is 1. The van der Waals surface area contributed by atoms with Crippen LogP contribution < -0.4 is 10.2 Å². The first-order valence-electron chi connectivity index (χ1n) is 10.1. The standard InChI is InChI=1S/C21H23F2N3O4S/c22-16-12-15-2-1-7-25(21(15)19(23)13-16)14-20(27)24-17-3-5-18(6-4-17)31(28,29)26-8-10-30-11-9-26/h3-6,12-13H,1-2,7-11,14H2,(H,24,27). The Morgan fingerprint density at radius 3 is 2.48 bits per heavy atom. The molecular weight excluding hydrogens is 428 g/mol. The summed E-state index contributed by atoms with van der Waals surface area (Å²) in [4.78, 5) is 14.2. The van der Waals surface area contributed by atoms with Crippen molar-refractivity contribution in [2.45, 2.75) is 17.7 Å². The zero-order valence-electron chi connectivity index (χ0n) is 16.8. The van der Waals surface area contributed by atoms with Gasteiger partial charge < -0.3 is 15.0 Å². The van der Waals surface area contributed by atoms with Crippen LogP contribution in [0.3, 0.4) is 0 Å². The number of benzene rings is 2. The van der Waals surface area contributed by atoms with E-state index in [1.807, 2.05) is 0 Å². The number of hydrogen-bond donors (Lipinski definition) is 1. The van der Waals surface area contributed by atoms with Crippen molar-refractivity contribution in [2.24, 2.45) is 0 Å². The second kappa shape index (κ2) is 8.89. The van der Waals surface area contributed by atoms with Crippen molar-refractivity contribution in [3.63, 3.8) is 0 Å². The van der Waals surface area contributed by atoms with Crippen LogP contribution in [0.25, 0.3) is 0 Å². The highest BCUT2D eigenvalue weighted by Gasteiger charge is 2.27. The van der Waals surface area contributed by atoms with Gasteiger partial charge in [0.25, 0.3) is 0 Å². The van der Waals surface area contributed by atoms with Crippen LogP contribution in [0.2, 0.25) is 0 Å². The first-order chi connectivity index (χ1) is 14.8. The van der Waals surface area contributed by atoms with Crippen LogP contribution in [-0.2, 0) is 26.0 Å². The molecule has 0 spiro atoms. The van der Waals surface area contributed by atoms with E-state index >= 15 is 0 Å². The number of amides is 1. The van der Waals surface area contributed by atoms with Crippen LogP contribution in [0.1, 0.15) is 12.0 Å². The summed E-state index contributed by atoms with van der Waals surface area (Å²) < 4.78 is 59.7. The van der Waals surface area contributed by atoms with Crippen LogP contribution in [0.15, 0.2) is 41.3 Å². The number of sulfonamides is 1. The van der Waals surface area contributed by atoms with Crippen LogP contribution >= 0.6 is 0 Å². The Hall–Kier alpha value is -2.56. The van der Waals surface area contributed by atoms with Gasteiger partial charge in [0.2, 0.25) is 15.9 Å². The zero-order chi connectivity index (χ0) is 22.0. The molecule has 2 aliphatic heterocycles. The number of carbonyl (C=O) groups is 1. The number of carbonyl (C=O) groups excluding carboxylic acids is 1. The van der Waals surface area contributed by atoms with Gasteiger partial charge in [-0.25, -0.2) is 17.2 Å². The SMILES string of the molecule is O=C(CN1CCCc2cc(F)cc(F)c21)Nc1ccc(S(=O)(=O)N2CCOCC2)cc1. The minimum atomic E-state index is -3.61. The fourth-order valence-electron chi connectivity index (χ4n) is 3.91. The number of halogens is 2. The summed E-state index contributed by atoms with van der Waals surface area (Å²) in [5, 5.41) is 2.70. The molecule has 2 aliphatic rings. The molecule has 10 heteroatoms. The average molecular weight is 451 g/mol. The topological polar surface area (TPSA) is 79.0 Å². The Bertz CT molecular complexity index is 1070. The summed E-state index contributed by atoms with van der Waals surface area (Å²) in [6.07, 6.45) is 1.25. The van der Waals surface area contributed by atoms with Crippen molar-refractivity contribution in [1.82, 2.24) is 4.31 Å². The van der Waals surface area contributed by atoms with E-state index in [9.17, 15) is 22.0 Å². The van der Waals surface area contributed by atoms with Gasteiger partial charge in [0.15, 0.2) is 0 Å². The summed E-state index contributed by atoms with van der Waals surface area (Å²) in [5.41, 5.74) is 1.24. The third-order valence-electron chi connectivity index (χ3n) is 5.38. The molecule has 0 aliphatic carbocycles. The molecule has 0 unspecified atom stereocenters. The lowest BCUT2D eigenvalue weighted by molar-refractivity contribution is -0.115. The summed E-state index contributed by atoms with van der Waals surface area (Å²) in [7, 11) is -3.61. The van der Waals surface area contributed by atoms with Gasteiger partial charge in [-0.2, -0.15) is 4.31 Å². The van der Waals surface area contributed by atoms with Crippen LogP contribution in [0, 0.1) is 11.6 Å². The first-order valence-corrected chi connectivity index (χ1v) is 11.5. The molecule has 1 N–H and O–H groups in total. The lowest BCUT2D eigenvalue weighted by atomic mass is 10.0. The van der Waals surface area contributed by atoms with E-state index in [-0.39, 0.29) is 23.0 Å². The number of ether oxygens (including phenoxy) is 1. The Morgan fingerprint density at radius 2 is 1.77 bits per heavy atom. The minimum Gasteiger partial charge on any atom is -0.379 e. The lowest BCUT2D eigenvalue weighted by Gasteiger charge is -2.31. The molecule has 2 heterocycles. The molecule has 7 nitrogen and oxygen atoms in total. The number of nitrogens with zero attached hydrogens (tertiary/aromatic N) is 2. The van der Waals surface area contributed by atoms with E-state index in [0.29, 0.717) is 56.9 Å². The summed E-state index contributed by atoms with van der Waals surface area (Å²) in [6, 6.07) is 8.05. The normalized spacial score (nSPS) is 17.3. The summed E-state index contributed by atoms with van der Waals surface area (Å²) in [6.45, 7) is 1.72. The maximum atomic E-state index is 14.3. The monoisotopic (exact) mass is 451 g/mol. The fourth-order valence-corrected chi connectivity index (χ4v) is 5.32. The molecule has 1 amide bonds. The third kappa shape index (κ3) is 4.70. The van der Waals surface area contributed by atoms with Crippen molar-refractivity contribution in [1.29, 1.82) is 0 Å². The maximum absolute atomic E-state index is 14.3. The van der Waals surface area contributed by atoms with Gasteiger partial charge in [-0.15, -0.1) is 0 Å². The molecule has 31 heavy (non-hydrogen) atoms. The second-order valence-electron chi connectivity index (χ2n) is 7.51. The number of fused-ring (bicyclic) bond motifs is 1. The van der Waals surface area contributed by atoms with Crippen LogP contribution in [0.4, 0.5) is 20.2 Å². The van der Waals surface area contributed by atoms with Gasteiger partial charge in [0, 0.05) is 31.4 Å². The van der Waals surface area contributed by atoms with Gasteiger partial charge in [-0.3, -0.25) is 4.79 Å². The summed E-state index contributed by atoms with van der Waals surface area (Å²) >= 11 is 0. The molecule has 166 valence electrons. The summed E-state index contributed by atoms with van der Waals surface area (Å²) in [5.74, 6) is -1.68. The molecule has 2 aromatic rings. The molecular formula is C21H23F2N3O4S. The van der Waals surface area contributed by atoms with Gasteiger partial charge in [0.1, 0.15) is 11.6 Å². The number of morpholine rings is 1. The Balaban J connectivity index is 1.42. The van der Waals surface area contributed by atoms with Gasteiger partial charge in [-0.05, 0) is 48.7 Å². The number of anilines is 2. The molecule has 0 radical (unpaired) electrons. The minimum absolute atomic E-state index is 0.0939. The third-order valence-corrected chi connectivity index (χ3v) is 7.29. The largest absolute Gasteiger partial charge is 0.379 e. The van der Waals surface area contributed by atoms with Crippen molar-refractivity contribution in [3.8, 4) is 0 Å². The van der Waals surface area contributed by atoms with Crippen LogP contribution in [-0.4, -0.2) is 58.0 Å². The predicted molar refractivity (Wildman–Crippen MR) is 112 cm³/mol. The maximum Gasteiger partial charge on any atom is 0.243 e. The highest BCUT2D eigenvalue weighted by molar-refractivity contribution is 7.89. The smallest absolute Gasteiger partial charge is 0.243 e. The van der Waals surface area contributed by atoms with Gasteiger partial charge >= 0.3 is 0 Å². The highest BCUT2D eigenvalue weighted by Crippen LogP contribution is 2.31. The van der Waals surface area contributed by atoms with E-state index < -0.39 is 21.7 Å². The molecule has 0 aromatic heterocycles. The molecule has 2 aromatic carbocycles. The molecule has 0 atom stereocenters. The zero-order valence-corrected chi connectivity index (χ0v) is 17.6. The second-order valence-corrected chi connectivity index (χ2v) is 9.45. The van der Waals surface area contributed by atoms with E-state index in [2.05, 4.69) is 5.32 Å². The fraction of sp³-hybridized carbons (Fsp3) is 0.381. The van der Waals surface area contributed by atoms with Crippen molar-refractivity contribution < 1.29 is 26.7 Å². The molecule has 1 fully saturated rings. The molecule has 4 rings (SSSR count). The number of rotatable bonds is 5.